The van der Waals surface area contributed by atoms with Crippen LogP contribution in [0.2, 0.25) is 0 Å². The molecule has 3 heteroatoms. The molecule has 1 saturated heterocycles. The van der Waals surface area contributed by atoms with E-state index in [1.54, 1.807) is 0 Å². The lowest BCUT2D eigenvalue weighted by Gasteiger charge is -2.29. The van der Waals surface area contributed by atoms with Gasteiger partial charge >= 0.3 is 5.97 Å². The van der Waals surface area contributed by atoms with E-state index in [1.807, 2.05) is 13.8 Å². The van der Waals surface area contributed by atoms with Gasteiger partial charge in [0.2, 0.25) is 0 Å². The van der Waals surface area contributed by atoms with Gasteiger partial charge in [-0.15, -0.1) is 0 Å². The lowest BCUT2D eigenvalue weighted by atomic mass is 9.69. The van der Waals surface area contributed by atoms with Gasteiger partial charge in [-0.05, 0) is 30.9 Å². The molecule has 0 radical (unpaired) electrons. The van der Waals surface area contributed by atoms with Crippen molar-refractivity contribution in [1.82, 2.24) is 0 Å². The first-order valence-corrected chi connectivity index (χ1v) is 5.02. The molecule has 2 aliphatic rings. The van der Waals surface area contributed by atoms with Crippen LogP contribution in [0.25, 0.3) is 0 Å². The highest BCUT2D eigenvalue weighted by Gasteiger charge is 2.50. The van der Waals surface area contributed by atoms with Gasteiger partial charge in [0.25, 0.3) is 0 Å². The topological polar surface area (TPSA) is 43.4 Å². The summed E-state index contributed by atoms with van der Waals surface area (Å²) in [5, 5.41) is 0. The molecule has 0 unspecified atom stereocenters. The van der Waals surface area contributed by atoms with Gasteiger partial charge in [0, 0.05) is 6.42 Å². The number of ether oxygens (including phenoxy) is 1. The number of carbonyl (C=O) groups is 2. The Morgan fingerprint density at radius 3 is 2.79 bits per heavy atom. The van der Waals surface area contributed by atoms with Crippen LogP contribution in [0.4, 0.5) is 0 Å². The number of cyclic esters (lactones) is 1. The second-order valence-electron chi connectivity index (χ2n) is 4.04. The maximum Gasteiger partial charge on any atom is 0.316 e. The SMILES string of the molecule is CC[C@]12CCC(=O)C(C)=C1COC2=O. The minimum absolute atomic E-state index is 0.137. The summed E-state index contributed by atoms with van der Waals surface area (Å²) in [7, 11) is 0. The zero-order valence-corrected chi connectivity index (χ0v) is 8.55. The molecule has 0 saturated carbocycles. The Kier molecular flexibility index (Phi) is 1.98. The molecule has 0 N–H and O–H groups in total. The Bertz CT molecular complexity index is 340. The van der Waals surface area contributed by atoms with E-state index < -0.39 is 5.41 Å². The van der Waals surface area contributed by atoms with Crippen LogP contribution in [0.3, 0.4) is 0 Å². The minimum atomic E-state index is -0.460. The third kappa shape index (κ3) is 0.982. The summed E-state index contributed by atoms with van der Waals surface area (Å²) >= 11 is 0. The summed E-state index contributed by atoms with van der Waals surface area (Å²) in [6, 6.07) is 0. The van der Waals surface area contributed by atoms with Crippen LogP contribution in [0, 0.1) is 5.41 Å². The number of hydrogen-bond donors (Lipinski definition) is 0. The van der Waals surface area contributed by atoms with Crippen molar-refractivity contribution in [3.05, 3.63) is 11.1 Å². The van der Waals surface area contributed by atoms with Gasteiger partial charge in [-0.25, -0.2) is 0 Å². The van der Waals surface area contributed by atoms with Crippen molar-refractivity contribution in [1.29, 1.82) is 0 Å². The van der Waals surface area contributed by atoms with E-state index in [9.17, 15) is 9.59 Å². The Balaban J connectivity index is 2.54. The van der Waals surface area contributed by atoms with Gasteiger partial charge in [-0.1, -0.05) is 6.92 Å². The number of carbonyl (C=O) groups excluding carboxylic acids is 2. The van der Waals surface area contributed by atoms with Gasteiger partial charge < -0.3 is 4.74 Å². The van der Waals surface area contributed by atoms with Crippen molar-refractivity contribution < 1.29 is 14.3 Å². The van der Waals surface area contributed by atoms with Crippen LogP contribution in [0.5, 0.6) is 0 Å². The average Bonchev–Trinajstić information content (AvgIpc) is 2.52. The van der Waals surface area contributed by atoms with Crippen LogP contribution in [0.15, 0.2) is 11.1 Å². The number of fused-ring (bicyclic) bond motifs is 1. The highest BCUT2D eigenvalue weighted by atomic mass is 16.5. The van der Waals surface area contributed by atoms with Gasteiger partial charge in [0.15, 0.2) is 5.78 Å². The average molecular weight is 194 g/mol. The van der Waals surface area contributed by atoms with E-state index in [1.165, 1.54) is 0 Å². The predicted molar refractivity (Wildman–Crippen MR) is 50.6 cm³/mol. The fourth-order valence-corrected chi connectivity index (χ4v) is 2.47. The smallest absolute Gasteiger partial charge is 0.316 e. The van der Waals surface area contributed by atoms with E-state index >= 15 is 0 Å². The molecule has 76 valence electrons. The Morgan fingerprint density at radius 1 is 1.43 bits per heavy atom. The fraction of sp³-hybridized carbons (Fsp3) is 0.636. The zero-order chi connectivity index (χ0) is 10.3. The van der Waals surface area contributed by atoms with E-state index in [0.717, 1.165) is 17.6 Å². The number of rotatable bonds is 1. The molecule has 1 aliphatic heterocycles. The molecule has 0 aromatic carbocycles. The minimum Gasteiger partial charge on any atom is -0.460 e. The zero-order valence-electron chi connectivity index (χ0n) is 8.55. The summed E-state index contributed by atoms with van der Waals surface area (Å²) < 4.78 is 5.06. The molecule has 0 aromatic rings. The molecule has 0 bridgehead atoms. The largest absolute Gasteiger partial charge is 0.460 e. The second-order valence-corrected chi connectivity index (χ2v) is 4.04. The summed E-state index contributed by atoms with van der Waals surface area (Å²) in [4.78, 5) is 23.1. The maximum atomic E-state index is 11.6. The van der Waals surface area contributed by atoms with E-state index in [4.69, 9.17) is 4.74 Å². The summed E-state index contributed by atoms with van der Waals surface area (Å²) in [5.74, 6) is 0.0317. The summed E-state index contributed by atoms with van der Waals surface area (Å²) in [6.45, 7) is 4.11. The number of esters is 1. The van der Waals surface area contributed by atoms with E-state index in [-0.39, 0.29) is 11.8 Å². The second kappa shape index (κ2) is 2.94. The normalized spacial score (nSPS) is 31.9. The molecule has 3 nitrogen and oxygen atoms in total. The Morgan fingerprint density at radius 2 is 2.14 bits per heavy atom. The van der Waals surface area contributed by atoms with Crippen LogP contribution in [-0.2, 0) is 14.3 Å². The molecular weight excluding hydrogens is 180 g/mol. The van der Waals surface area contributed by atoms with Crippen LogP contribution < -0.4 is 0 Å². The lowest BCUT2D eigenvalue weighted by molar-refractivity contribution is -0.146. The van der Waals surface area contributed by atoms with Crippen molar-refractivity contribution in [3.8, 4) is 0 Å². The molecule has 14 heavy (non-hydrogen) atoms. The van der Waals surface area contributed by atoms with Crippen molar-refractivity contribution in [2.45, 2.75) is 33.1 Å². The quantitative estimate of drug-likeness (QED) is 0.596. The molecule has 1 heterocycles. The first kappa shape index (κ1) is 9.44. The fourth-order valence-electron chi connectivity index (χ4n) is 2.47. The predicted octanol–water partition coefficient (Wildman–Crippen LogP) is 1.62. The number of Topliss-reactive ketones (excluding diaryl/α,β-unsaturated/α-hetero) is 1. The third-order valence-corrected chi connectivity index (χ3v) is 3.57. The molecule has 1 atom stereocenters. The summed E-state index contributed by atoms with van der Waals surface area (Å²) in [5.41, 5.74) is 1.23. The summed E-state index contributed by atoms with van der Waals surface area (Å²) in [6.07, 6.45) is 1.86. The maximum absolute atomic E-state index is 11.6. The van der Waals surface area contributed by atoms with Crippen molar-refractivity contribution in [2.24, 2.45) is 5.41 Å². The molecular formula is C11H14O3. The van der Waals surface area contributed by atoms with Crippen LogP contribution in [-0.4, -0.2) is 18.4 Å². The molecule has 1 aliphatic carbocycles. The first-order valence-electron chi connectivity index (χ1n) is 5.02. The highest BCUT2D eigenvalue weighted by Crippen LogP contribution is 2.47. The number of hydrogen-bond acceptors (Lipinski definition) is 3. The van der Waals surface area contributed by atoms with E-state index in [0.29, 0.717) is 19.4 Å². The molecule has 0 aromatic heterocycles. The standard InChI is InChI=1S/C11H14O3/c1-3-11-5-4-9(12)7(2)8(11)6-14-10(11)13/h3-6H2,1-2H3/t11-/m0/s1. The number of allylic oxidation sites excluding steroid dienone is 1. The molecule has 0 spiro atoms. The van der Waals surface area contributed by atoms with Crippen molar-refractivity contribution >= 4 is 11.8 Å². The van der Waals surface area contributed by atoms with Gasteiger partial charge in [-0.2, -0.15) is 0 Å². The Hall–Kier alpha value is -1.12. The Labute approximate surface area is 83.1 Å². The molecule has 0 amide bonds. The lowest BCUT2D eigenvalue weighted by Crippen LogP contribution is -2.33. The van der Waals surface area contributed by atoms with Gasteiger partial charge in [0.05, 0.1) is 5.41 Å². The number of ketones is 1. The highest BCUT2D eigenvalue weighted by molar-refractivity contribution is 6.00. The van der Waals surface area contributed by atoms with Crippen molar-refractivity contribution in [3.63, 3.8) is 0 Å². The van der Waals surface area contributed by atoms with Gasteiger partial charge in [-0.3, -0.25) is 9.59 Å². The third-order valence-electron chi connectivity index (χ3n) is 3.57. The van der Waals surface area contributed by atoms with Gasteiger partial charge in [0.1, 0.15) is 6.61 Å². The molecule has 2 rings (SSSR count). The van der Waals surface area contributed by atoms with Crippen molar-refractivity contribution in [2.75, 3.05) is 6.61 Å². The first-order chi connectivity index (χ1) is 6.62. The van der Waals surface area contributed by atoms with Crippen LogP contribution in [0.1, 0.15) is 33.1 Å². The monoisotopic (exact) mass is 194 g/mol. The van der Waals surface area contributed by atoms with Crippen LogP contribution >= 0.6 is 0 Å². The molecule has 1 fully saturated rings. The van der Waals surface area contributed by atoms with E-state index in [2.05, 4.69) is 0 Å².